The SMILES string of the molecule is COCCc1ccccc1Nc1cc(Br)nc(C)n1. The highest BCUT2D eigenvalue weighted by atomic mass is 79.9. The van der Waals surface area contributed by atoms with Gasteiger partial charge in [0.2, 0.25) is 0 Å². The Morgan fingerprint density at radius 2 is 2.05 bits per heavy atom. The third kappa shape index (κ3) is 4.01. The van der Waals surface area contributed by atoms with Crippen LogP contribution in [0.5, 0.6) is 0 Å². The molecule has 5 heteroatoms. The standard InChI is InChI=1S/C14H16BrN3O/c1-10-16-13(15)9-14(17-10)18-12-6-4-3-5-11(12)7-8-19-2/h3-6,9H,7-8H2,1-2H3,(H,16,17,18). The molecule has 0 unspecified atom stereocenters. The fourth-order valence-electron chi connectivity index (χ4n) is 1.81. The van der Waals surface area contributed by atoms with Crippen LogP contribution in [0.2, 0.25) is 0 Å². The number of halogens is 1. The summed E-state index contributed by atoms with van der Waals surface area (Å²) < 4.78 is 5.90. The molecule has 100 valence electrons. The molecule has 0 aliphatic rings. The number of ether oxygens (including phenoxy) is 1. The van der Waals surface area contributed by atoms with Gasteiger partial charge < -0.3 is 10.1 Å². The van der Waals surface area contributed by atoms with Crippen molar-refractivity contribution in [2.24, 2.45) is 0 Å². The molecule has 0 aliphatic carbocycles. The van der Waals surface area contributed by atoms with Gasteiger partial charge in [0, 0.05) is 18.9 Å². The van der Waals surface area contributed by atoms with Crippen LogP contribution in [0.4, 0.5) is 11.5 Å². The summed E-state index contributed by atoms with van der Waals surface area (Å²) in [7, 11) is 1.71. The van der Waals surface area contributed by atoms with E-state index in [4.69, 9.17) is 4.74 Å². The number of benzene rings is 1. The minimum absolute atomic E-state index is 0.700. The summed E-state index contributed by atoms with van der Waals surface area (Å²) in [5, 5.41) is 3.33. The summed E-state index contributed by atoms with van der Waals surface area (Å²) in [5.41, 5.74) is 2.25. The second-order valence-electron chi connectivity index (χ2n) is 4.15. The molecular weight excluding hydrogens is 306 g/mol. The summed E-state index contributed by atoms with van der Waals surface area (Å²) >= 11 is 3.38. The molecule has 4 nitrogen and oxygen atoms in total. The second-order valence-corrected chi connectivity index (χ2v) is 4.96. The lowest BCUT2D eigenvalue weighted by molar-refractivity contribution is 0.202. The number of hydrogen-bond acceptors (Lipinski definition) is 4. The van der Waals surface area contributed by atoms with E-state index in [0.29, 0.717) is 6.61 Å². The summed E-state index contributed by atoms with van der Waals surface area (Å²) in [5.74, 6) is 1.51. The zero-order valence-corrected chi connectivity index (χ0v) is 12.6. The van der Waals surface area contributed by atoms with E-state index in [1.54, 1.807) is 7.11 Å². The molecule has 1 N–H and O–H groups in total. The van der Waals surface area contributed by atoms with E-state index in [-0.39, 0.29) is 0 Å². The van der Waals surface area contributed by atoms with Crippen molar-refractivity contribution in [2.45, 2.75) is 13.3 Å². The highest BCUT2D eigenvalue weighted by molar-refractivity contribution is 9.10. The zero-order valence-electron chi connectivity index (χ0n) is 11.0. The molecular formula is C14H16BrN3O. The molecule has 2 aromatic rings. The topological polar surface area (TPSA) is 47.0 Å². The Bertz CT molecular complexity index is 540. The Labute approximate surface area is 121 Å². The van der Waals surface area contributed by atoms with E-state index >= 15 is 0 Å². The number of nitrogens with zero attached hydrogens (tertiary/aromatic N) is 2. The maximum Gasteiger partial charge on any atom is 0.135 e. The number of para-hydroxylation sites is 1. The smallest absolute Gasteiger partial charge is 0.135 e. The van der Waals surface area contributed by atoms with Crippen LogP contribution in [-0.2, 0) is 11.2 Å². The van der Waals surface area contributed by atoms with Gasteiger partial charge in [-0.15, -0.1) is 0 Å². The van der Waals surface area contributed by atoms with Crippen molar-refractivity contribution in [3.63, 3.8) is 0 Å². The molecule has 2 rings (SSSR count). The molecule has 0 amide bonds. The lowest BCUT2D eigenvalue weighted by atomic mass is 10.1. The maximum atomic E-state index is 5.13. The van der Waals surface area contributed by atoms with E-state index in [1.807, 2.05) is 31.2 Å². The van der Waals surface area contributed by atoms with Crippen molar-refractivity contribution >= 4 is 27.4 Å². The molecule has 0 aliphatic heterocycles. The monoisotopic (exact) mass is 321 g/mol. The molecule has 1 aromatic heterocycles. The molecule has 0 saturated heterocycles. The minimum Gasteiger partial charge on any atom is -0.384 e. The third-order valence-electron chi connectivity index (χ3n) is 2.66. The molecule has 19 heavy (non-hydrogen) atoms. The van der Waals surface area contributed by atoms with Gasteiger partial charge in [0.25, 0.3) is 0 Å². The van der Waals surface area contributed by atoms with Crippen molar-refractivity contribution in [3.8, 4) is 0 Å². The van der Waals surface area contributed by atoms with Gasteiger partial charge in [-0.2, -0.15) is 0 Å². The van der Waals surface area contributed by atoms with Gasteiger partial charge in [-0.05, 0) is 40.9 Å². The van der Waals surface area contributed by atoms with E-state index < -0.39 is 0 Å². The predicted molar refractivity (Wildman–Crippen MR) is 79.8 cm³/mol. The number of rotatable bonds is 5. The van der Waals surface area contributed by atoms with Crippen LogP contribution in [0.15, 0.2) is 34.9 Å². The molecule has 0 atom stereocenters. The molecule has 0 fully saturated rings. The van der Waals surface area contributed by atoms with E-state index in [1.165, 1.54) is 5.56 Å². The van der Waals surface area contributed by atoms with Crippen molar-refractivity contribution in [3.05, 3.63) is 46.3 Å². The van der Waals surface area contributed by atoms with Crippen LogP contribution < -0.4 is 5.32 Å². The zero-order chi connectivity index (χ0) is 13.7. The number of aryl methyl sites for hydroxylation is 1. The summed E-state index contributed by atoms with van der Waals surface area (Å²) in [6.45, 7) is 2.57. The van der Waals surface area contributed by atoms with Crippen LogP contribution in [-0.4, -0.2) is 23.7 Å². The maximum absolute atomic E-state index is 5.13. The first kappa shape index (κ1) is 14.0. The van der Waals surface area contributed by atoms with Gasteiger partial charge in [-0.25, -0.2) is 9.97 Å². The summed E-state index contributed by atoms with van der Waals surface area (Å²) in [4.78, 5) is 8.56. The summed E-state index contributed by atoms with van der Waals surface area (Å²) in [6.07, 6.45) is 0.866. The molecule has 0 radical (unpaired) electrons. The highest BCUT2D eigenvalue weighted by Crippen LogP contribution is 2.21. The van der Waals surface area contributed by atoms with Crippen LogP contribution in [0.1, 0.15) is 11.4 Å². The average Bonchev–Trinajstić information content (AvgIpc) is 2.36. The third-order valence-corrected chi connectivity index (χ3v) is 3.07. The molecule has 1 aromatic carbocycles. The Hall–Kier alpha value is -1.46. The highest BCUT2D eigenvalue weighted by Gasteiger charge is 2.04. The van der Waals surface area contributed by atoms with E-state index in [2.05, 4.69) is 37.3 Å². The number of nitrogens with one attached hydrogen (secondary N) is 1. The molecule has 0 saturated carbocycles. The lowest BCUT2D eigenvalue weighted by Crippen LogP contribution is -2.02. The van der Waals surface area contributed by atoms with Crippen molar-refractivity contribution in [2.75, 3.05) is 19.0 Å². The van der Waals surface area contributed by atoms with Gasteiger partial charge in [-0.1, -0.05) is 18.2 Å². The largest absolute Gasteiger partial charge is 0.384 e. The number of hydrogen-bond donors (Lipinski definition) is 1. The van der Waals surface area contributed by atoms with Crippen molar-refractivity contribution in [1.29, 1.82) is 0 Å². The number of anilines is 2. The normalized spacial score (nSPS) is 10.5. The van der Waals surface area contributed by atoms with Crippen molar-refractivity contribution < 1.29 is 4.74 Å². The first-order valence-corrected chi connectivity index (χ1v) is 6.83. The second kappa shape index (κ2) is 6.63. The van der Waals surface area contributed by atoms with Gasteiger partial charge in [-0.3, -0.25) is 0 Å². The Kier molecular flexibility index (Phi) is 4.87. The molecule has 1 heterocycles. The van der Waals surface area contributed by atoms with Gasteiger partial charge in [0.15, 0.2) is 0 Å². The van der Waals surface area contributed by atoms with Crippen LogP contribution >= 0.6 is 15.9 Å². The van der Waals surface area contributed by atoms with Gasteiger partial charge in [0.05, 0.1) is 6.61 Å². The molecule has 0 spiro atoms. The lowest BCUT2D eigenvalue weighted by Gasteiger charge is -2.11. The van der Waals surface area contributed by atoms with Crippen molar-refractivity contribution in [1.82, 2.24) is 9.97 Å². The summed E-state index contributed by atoms with van der Waals surface area (Å²) in [6, 6.07) is 10.0. The number of methoxy groups -OCH3 is 1. The van der Waals surface area contributed by atoms with E-state index in [0.717, 1.165) is 28.4 Å². The van der Waals surface area contributed by atoms with Gasteiger partial charge >= 0.3 is 0 Å². The first-order valence-electron chi connectivity index (χ1n) is 6.04. The fraction of sp³-hybridized carbons (Fsp3) is 0.286. The quantitative estimate of drug-likeness (QED) is 0.856. The first-order chi connectivity index (χ1) is 9.19. The van der Waals surface area contributed by atoms with Crippen LogP contribution in [0.25, 0.3) is 0 Å². The average molecular weight is 322 g/mol. The Morgan fingerprint density at radius 3 is 2.79 bits per heavy atom. The number of aromatic nitrogens is 2. The Morgan fingerprint density at radius 1 is 1.26 bits per heavy atom. The minimum atomic E-state index is 0.700. The molecule has 0 bridgehead atoms. The van der Waals surface area contributed by atoms with E-state index in [9.17, 15) is 0 Å². The Balaban J connectivity index is 2.22. The predicted octanol–water partition coefficient (Wildman–Crippen LogP) is 3.48. The van der Waals surface area contributed by atoms with Gasteiger partial charge in [0.1, 0.15) is 16.2 Å². The van der Waals surface area contributed by atoms with Crippen LogP contribution in [0.3, 0.4) is 0 Å². The van der Waals surface area contributed by atoms with Crippen LogP contribution in [0, 0.1) is 6.92 Å². The fourth-order valence-corrected chi connectivity index (χ4v) is 2.28.